The summed E-state index contributed by atoms with van der Waals surface area (Å²) in [6.45, 7) is 3.95. The van der Waals surface area contributed by atoms with Gasteiger partial charge in [0, 0.05) is 5.69 Å². The number of anilines is 1. The van der Waals surface area contributed by atoms with Crippen LogP contribution in [-0.4, -0.2) is 10.9 Å². The van der Waals surface area contributed by atoms with E-state index in [1.54, 1.807) is 0 Å². The predicted octanol–water partition coefficient (Wildman–Crippen LogP) is 1.53. The topological polar surface area (TPSA) is 55.1 Å². The minimum absolute atomic E-state index is 0.0405. The van der Waals surface area contributed by atoms with E-state index in [0.29, 0.717) is 0 Å². The van der Waals surface area contributed by atoms with Gasteiger partial charge in [0.1, 0.15) is 0 Å². The number of nitrogens with one attached hydrogen (secondary N) is 1. The number of benzene rings is 1. The number of amides is 1. The Labute approximate surface area is 88.3 Å². The summed E-state index contributed by atoms with van der Waals surface area (Å²) in [7, 11) is 0. The minimum atomic E-state index is -0.610. The zero-order chi connectivity index (χ0) is 10.7. The SMILES string of the molecule is Cc1cccc(NC(=S)C(N)=O)c1C. The number of nitrogens with two attached hydrogens (primary N) is 1. The lowest BCUT2D eigenvalue weighted by molar-refractivity contribution is -0.111. The summed E-state index contributed by atoms with van der Waals surface area (Å²) < 4.78 is 0. The fourth-order valence-corrected chi connectivity index (χ4v) is 1.18. The van der Waals surface area contributed by atoms with Gasteiger partial charge in [0.25, 0.3) is 5.91 Å². The maximum Gasteiger partial charge on any atom is 0.276 e. The van der Waals surface area contributed by atoms with Gasteiger partial charge in [-0.25, -0.2) is 0 Å². The summed E-state index contributed by atoms with van der Waals surface area (Å²) >= 11 is 4.78. The molecule has 0 aromatic heterocycles. The van der Waals surface area contributed by atoms with Crippen LogP contribution in [0.2, 0.25) is 0 Å². The molecule has 0 atom stereocenters. The van der Waals surface area contributed by atoms with Gasteiger partial charge in [0.05, 0.1) is 0 Å². The number of thiocarbonyl (C=S) groups is 1. The van der Waals surface area contributed by atoms with Gasteiger partial charge in [0.15, 0.2) is 4.99 Å². The first-order chi connectivity index (χ1) is 6.52. The molecule has 1 aromatic carbocycles. The standard InChI is InChI=1S/C10H12N2OS/c1-6-4-3-5-8(7(6)2)12-10(14)9(11)13/h3-5H,1-2H3,(H2,11,13)(H,12,14). The Morgan fingerprint density at radius 2 is 2.07 bits per heavy atom. The Balaban J connectivity index is 2.93. The largest absolute Gasteiger partial charge is 0.364 e. The Morgan fingerprint density at radius 3 is 2.64 bits per heavy atom. The van der Waals surface area contributed by atoms with Crippen LogP contribution in [0.3, 0.4) is 0 Å². The van der Waals surface area contributed by atoms with E-state index in [9.17, 15) is 4.79 Å². The highest BCUT2D eigenvalue weighted by Gasteiger charge is 2.06. The zero-order valence-electron chi connectivity index (χ0n) is 8.13. The first-order valence-electron chi connectivity index (χ1n) is 4.19. The van der Waals surface area contributed by atoms with E-state index < -0.39 is 5.91 Å². The Morgan fingerprint density at radius 1 is 1.43 bits per heavy atom. The van der Waals surface area contributed by atoms with Crippen molar-refractivity contribution >= 4 is 28.8 Å². The van der Waals surface area contributed by atoms with Crippen LogP contribution in [0.25, 0.3) is 0 Å². The van der Waals surface area contributed by atoms with E-state index >= 15 is 0 Å². The van der Waals surface area contributed by atoms with Gasteiger partial charge >= 0.3 is 0 Å². The van der Waals surface area contributed by atoms with Crippen molar-refractivity contribution < 1.29 is 4.79 Å². The monoisotopic (exact) mass is 208 g/mol. The molecule has 0 radical (unpaired) electrons. The molecule has 14 heavy (non-hydrogen) atoms. The van der Waals surface area contributed by atoms with Gasteiger partial charge in [-0.1, -0.05) is 24.4 Å². The second-order valence-electron chi connectivity index (χ2n) is 3.07. The summed E-state index contributed by atoms with van der Waals surface area (Å²) in [5.74, 6) is -0.610. The van der Waals surface area contributed by atoms with Crippen molar-refractivity contribution in [2.75, 3.05) is 5.32 Å². The molecule has 0 heterocycles. The van der Waals surface area contributed by atoms with Crippen LogP contribution in [-0.2, 0) is 4.79 Å². The number of hydrogen-bond donors (Lipinski definition) is 2. The molecule has 0 saturated carbocycles. The molecule has 0 aliphatic heterocycles. The second-order valence-corrected chi connectivity index (χ2v) is 3.47. The molecular weight excluding hydrogens is 196 g/mol. The average molecular weight is 208 g/mol. The molecule has 0 fully saturated rings. The summed E-state index contributed by atoms with van der Waals surface area (Å²) in [5, 5.41) is 2.81. The lowest BCUT2D eigenvalue weighted by Gasteiger charge is -2.09. The van der Waals surface area contributed by atoms with Crippen LogP contribution < -0.4 is 11.1 Å². The molecule has 1 aromatic rings. The van der Waals surface area contributed by atoms with Crippen molar-refractivity contribution in [3.05, 3.63) is 29.3 Å². The van der Waals surface area contributed by atoms with Crippen molar-refractivity contribution in [2.45, 2.75) is 13.8 Å². The summed E-state index contributed by atoms with van der Waals surface area (Å²) in [5.41, 5.74) is 8.06. The first-order valence-corrected chi connectivity index (χ1v) is 4.60. The molecule has 3 N–H and O–H groups in total. The summed E-state index contributed by atoms with van der Waals surface area (Å²) in [4.78, 5) is 10.8. The first kappa shape index (κ1) is 10.7. The predicted molar refractivity (Wildman–Crippen MR) is 61.3 cm³/mol. The lowest BCUT2D eigenvalue weighted by Crippen LogP contribution is -2.28. The fraction of sp³-hybridized carbons (Fsp3) is 0.200. The Bertz CT molecular complexity index is 388. The summed E-state index contributed by atoms with van der Waals surface area (Å²) in [6, 6.07) is 5.75. The third kappa shape index (κ3) is 2.29. The Hall–Kier alpha value is -1.42. The van der Waals surface area contributed by atoms with Crippen molar-refractivity contribution in [3.63, 3.8) is 0 Å². The highest BCUT2D eigenvalue weighted by molar-refractivity contribution is 7.82. The smallest absolute Gasteiger partial charge is 0.276 e. The van der Waals surface area contributed by atoms with Crippen LogP contribution in [0.1, 0.15) is 11.1 Å². The summed E-state index contributed by atoms with van der Waals surface area (Å²) in [6.07, 6.45) is 0. The maximum atomic E-state index is 10.7. The highest BCUT2D eigenvalue weighted by atomic mass is 32.1. The lowest BCUT2D eigenvalue weighted by atomic mass is 10.1. The van der Waals surface area contributed by atoms with E-state index in [4.69, 9.17) is 18.0 Å². The molecule has 1 amide bonds. The quantitative estimate of drug-likeness (QED) is 0.688. The van der Waals surface area contributed by atoms with Crippen molar-refractivity contribution in [1.82, 2.24) is 0 Å². The third-order valence-corrected chi connectivity index (χ3v) is 2.38. The van der Waals surface area contributed by atoms with Crippen molar-refractivity contribution in [2.24, 2.45) is 5.73 Å². The molecular formula is C10H12N2OS. The second kappa shape index (κ2) is 4.19. The molecule has 0 spiro atoms. The molecule has 0 bridgehead atoms. The van der Waals surface area contributed by atoms with E-state index in [2.05, 4.69) is 5.32 Å². The molecule has 3 nitrogen and oxygen atoms in total. The molecule has 1 rings (SSSR count). The van der Waals surface area contributed by atoms with Gasteiger partial charge in [-0.05, 0) is 31.0 Å². The average Bonchev–Trinajstić information content (AvgIpc) is 2.12. The minimum Gasteiger partial charge on any atom is -0.364 e. The van der Waals surface area contributed by atoms with Crippen molar-refractivity contribution in [1.29, 1.82) is 0 Å². The van der Waals surface area contributed by atoms with Crippen LogP contribution >= 0.6 is 12.2 Å². The van der Waals surface area contributed by atoms with Gasteiger partial charge < -0.3 is 11.1 Å². The number of aryl methyl sites for hydroxylation is 1. The van der Waals surface area contributed by atoms with Gasteiger partial charge in [-0.2, -0.15) is 0 Å². The number of carbonyl (C=O) groups is 1. The van der Waals surface area contributed by atoms with Gasteiger partial charge in [0.2, 0.25) is 0 Å². The number of rotatable bonds is 1. The molecule has 0 aliphatic rings. The van der Waals surface area contributed by atoms with E-state index in [1.165, 1.54) is 0 Å². The highest BCUT2D eigenvalue weighted by Crippen LogP contribution is 2.17. The van der Waals surface area contributed by atoms with Gasteiger partial charge in [-0.15, -0.1) is 0 Å². The molecule has 74 valence electrons. The van der Waals surface area contributed by atoms with Gasteiger partial charge in [-0.3, -0.25) is 4.79 Å². The zero-order valence-corrected chi connectivity index (χ0v) is 8.94. The van der Waals surface area contributed by atoms with Crippen LogP contribution in [0, 0.1) is 13.8 Å². The fourth-order valence-electron chi connectivity index (χ4n) is 1.07. The van der Waals surface area contributed by atoms with Crippen LogP contribution in [0.5, 0.6) is 0 Å². The van der Waals surface area contributed by atoms with E-state index in [1.807, 2.05) is 32.0 Å². The van der Waals surface area contributed by atoms with E-state index in [0.717, 1.165) is 16.8 Å². The number of carbonyl (C=O) groups excluding carboxylic acids is 1. The molecule has 0 saturated heterocycles. The van der Waals surface area contributed by atoms with Crippen molar-refractivity contribution in [3.8, 4) is 0 Å². The number of primary amides is 1. The Kier molecular flexibility index (Phi) is 3.19. The maximum absolute atomic E-state index is 10.7. The van der Waals surface area contributed by atoms with E-state index in [-0.39, 0.29) is 4.99 Å². The normalized spacial score (nSPS) is 9.57. The molecule has 0 aliphatic carbocycles. The van der Waals surface area contributed by atoms with Crippen LogP contribution in [0.4, 0.5) is 5.69 Å². The number of hydrogen-bond acceptors (Lipinski definition) is 2. The van der Waals surface area contributed by atoms with Crippen LogP contribution in [0.15, 0.2) is 18.2 Å². The molecule has 0 unspecified atom stereocenters. The third-order valence-electron chi connectivity index (χ3n) is 2.08. The molecule has 4 heteroatoms.